The van der Waals surface area contributed by atoms with Crippen LogP contribution in [-0.2, 0) is 48.0 Å². The van der Waals surface area contributed by atoms with Gasteiger partial charge in [0.2, 0.25) is 29.5 Å². The van der Waals surface area contributed by atoms with Crippen LogP contribution in [0.3, 0.4) is 0 Å². The van der Waals surface area contributed by atoms with Gasteiger partial charge in [-0.2, -0.15) is 12.6 Å². The first kappa shape index (κ1) is 43.3. The summed E-state index contributed by atoms with van der Waals surface area (Å²) in [5, 5.41) is 23.5. The van der Waals surface area contributed by atoms with Crippen LogP contribution in [0.2, 0.25) is 0 Å². The van der Waals surface area contributed by atoms with Crippen LogP contribution in [0.1, 0.15) is 29.7 Å². The number of fused-ring (bicyclic) bond motifs is 1. The molecular formula is C37H48N12O7S. The number of nitrogens with zero attached hydrogens (tertiary/aromatic N) is 2. The van der Waals surface area contributed by atoms with Crippen LogP contribution in [0, 0.1) is 0 Å². The largest absolute Gasteiger partial charge is 0.480 e. The van der Waals surface area contributed by atoms with E-state index in [9.17, 15) is 33.9 Å². The predicted octanol–water partition coefficient (Wildman–Crippen LogP) is -1.63. The molecule has 2 aromatic heterocycles. The van der Waals surface area contributed by atoms with Gasteiger partial charge in [-0.15, -0.1) is 0 Å². The number of guanidine groups is 1. The lowest BCUT2D eigenvalue weighted by atomic mass is 10.0. The van der Waals surface area contributed by atoms with Gasteiger partial charge in [-0.25, -0.2) is 9.78 Å². The maximum Gasteiger partial charge on any atom is 0.327 e. The minimum absolute atomic E-state index is 0.00288. The monoisotopic (exact) mass is 804 g/mol. The van der Waals surface area contributed by atoms with E-state index in [1.165, 1.54) is 12.5 Å². The van der Waals surface area contributed by atoms with Gasteiger partial charge in [0, 0.05) is 60.6 Å². The number of carbonyl (C=O) groups excluding carboxylic acids is 5. The van der Waals surface area contributed by atoms with Gasteiger partial charge in [-0.1, -0.05) is 48.5 Å². The average Bonchev–Trinajstić information content (AvgIpc) is 3.87. The summed E-state index contributed by atoms with van der Waals surface area (Å²) in [5.74, 6) is -5.34. The van der Waals surface area contributed by atoms with E-state index in [-0.39, 0.29) is 56.9 Å². The second-order valence-electron chi connectivity index (χ2n) is 13.1. The van der Waals surface area contributed by atoms with Gasteiger partial charge in [0.1, 0.15) is 30.2 Å². The van der Waals surface area contributed by atoms with E-state index in [0.717, 1.165) is 10.9 Å². The number of hydrogen-bond acceptors (Lipinski definition) is 10. The van der Waals surface area contributed by atoms with Crippen molar-refractivity contribution in [3.63, 3.8) is 0 Å². The number of aromatic amines is 2. The van der Waals surface area contributed by atoms with Crippen LogP contribution in [0.5, 0.6) is 0 Å². The molecule has 2 heterocycles. The van der Waals surface area contributed by atoms with Crippen molar-refractivity contribution in [3.8, 4) is 0 Å². The first-order valence-corrected chi connectivity index (χ1v) is 18.7. The number of carboxylic acid groups (broad SMARTS) is 1. The molecule has 0 radical (unpaired) electrons. The summed E-state index contributed by atoms with van der Waals surface area (Å²) < 4.78 is 0. The maximum atomic E-state index is 14.2. The average molecular weight is 805 g/mol. The van der Waals surface area contributed by atoms with E-state index in [1.54, 1.807) is 36.5 Å². The molecule has 2 aromatic carbocycles. The smallest absolute Gasteiger partial charge is 0.327 e. The molecule has 0 saturated heterocycles. The molecule has 57 heavy (non-hydrogen) atoms. The third-order valence-electron chi connectivity index (χ3n) is 8.84. The number of thiol groups is 1. The van der Waals surface area contributed by atoms with Crippen molar-refractivity contribution in [2.45, 2.75) is 62.3 Å². The fourth-order valence-corrected chi connectivity index (χ4v) is 6.16. The molecule has 0 aliphatic rings. The molecule has 19 nitrogen and oxygen atoms in total. The highest BCUT2D eigenvalue weighted by atomic mass is 32.1. The number of imidazole rings is 1. The SMILES string of the molecule is NCC(=O)N[C@@H](Cc1cnc[nH]1)C(=O)N[C@H](Cc1ccccc1)C(=O)N[C@@H](CCCN=C(N)N)C(=O)N[C@@H](Cc1c[nH]c2ccccc12)C(=O)N[C@@H](CS)C(=O)O. The molecular weight excluding hydrogens is 757 g/mol. The zero-order chi connectivity index (χ0) is 41.3. The van der Waals surface area contributed by atoms with Crippen molar-refractivity contribution in [2.75, 3.05) is 18.8 Å². The van der Waals surface area contributed by atoms with Gasteiger partial charge in [-0.05, 0) is 30.0 Å². The van der Waals surface area contributed by atoms with Gasteiger partial charge >= 0.3 is 5.97 Å². The number of aliphatic carboxylic acids is 1. The molecule has 0 saturated carbocycles. The van der Waals surface area contributed by atoms with Crippen molar-refractivity contribution in [1.82, 2.24) is 41.5 Å². The first-order chi connectivity index (χ1) is 27.4. The minimum Gasteiger partial charge on any atom is -0.480 e. The Bertz CT molecular complexity index is 2000. The maximum absolute atomic E-state index is 14.2. The van der Waals surface area contributed by atoms with Gasteiger partial charge in [-0.3, -0.25) is 29.0 Å². The molecule has 20 heteroatoms. The molecule has 0 fully saturated rings. The van der Waals surface area contributed by atoms with E-state index in [0.29, 0.717) is 16.8 Å². The Morgan fingerprint density at radius 2 is 1.35 bits per heavy atom. The van der Waals surface area contributed by atoms with Crippen LogP contribution in [0.25, 0.3) is 10.9 Å². The number of H-pyrrole nitrogens is 2. The molecule has 5 atom stereocenters. The fourth-order valence-electron chi connectivity index (χ4n) is 5.91. The van der Waals surface area contributed by atoms with Gasteiger partial charge in [0.25, 0.3) is 0 Å². The lowest BCUT2D eigenvalue weighted by molar-refractivity contribution is -0.141. The minimum atomic E-state index is -1.35. The molecule has 5 amide bonds. The summed E-state index contributed by atoms with van der Waals surface area (Å²) in [7, 11) is 0. The second kappa shape index (κ2) is 21.6. The predicted molar refractivity (Wildman–Crippen MR) is 215 cm³/mol. The number of hydrogen-bond donors (Lipinski definition) is 12. The van der Waals surface area contributed by atoms with E-state index in [1.807, 2.05) is 24.3 Å². The second-order valence-corrected chi connectivity index (χ2v) is 13.4. The number of nitrogens with one attached hydrogen (secondary N) is 7. The van der Waals surface area contributed by atoms with Crippen LogP contribution < -0.4 is 43.8 Å². The van der Waals surface area contributed by atoms with Crippen LogP contribution in [0.15, 0.2) is 78.3 Å². The Kier molecular flexibility index (Phi) is 16.4. The molecule has 0 aliphatic carbocycles. The number of carboxylic acids is 1. The topological polar surface area (TPSA) is 318 Å². The van der Waals surface area contributed by atoms with Gasteiger partial charge in [0.05, 0.1) is 12.9 Å². The Hall–Kier alpha value is -6.41. The third-order valence-corrected chi connectivity index (χ3v) is 9.20. The van der Waals surface area contributed by atoms with Crippen LogP contribution >= 0.6 is 12.6 Å². The summed E-state index contributed by atoms with van der Waals surface area (Å²) in [5.41, 5.74) is 19.2. The lowest BCUT2D eigenvalue weighted by Crippen LogP contribution is -2.60. The number of nitrogens with two attached hydrogens (primary N) is 3. The Balaban J connectivity index is 1.63. The number of benzene rings is 2. The molecule has 14 N–H and O–H groups in total. The highest BCUT2D eigenvalue weighted by molar-refractivity contribution is 7.80. The third kappa shape index (κ3) is 13.4. The highest BCUT2D eigenvalue weighted by Gasteiger charge is 2.33. The summed E-state index contributed by atoms with van der Waals surface area (Å²) >= 11 is 4.05. The molecule has 0 unspecified atom stereocenters. The Morgan fingerprint density at radius 3 is 1.96 bits per heavy atom. The van der Waals surface area contributed by atoms with Crippen molar-refractivity contribution in [3.05, 3.63) is 90.1 Å². The fraction of sp³-hybridized carbons (Fsp3) is 0.351. The van der Waals surface area contributed by atoms with Crippen LogP contribution in [-0.4, -0.2) is 111 Å². The van der Waals surface area contributed by atoms with E-state index < -0.39 is 65.7 Å². The standard InChI is InChI=1S/C37H48N12O7S/c38-16-31(50)45-29(15-23-18-41-20-44-23)35(54)47-27(13-21-7-2-1-3-8-21)33(52)46-26(11-6-12-42-37(39)40)32(51)48-28(34(53)49-30(19-57)36(55)56)14-22-17-43-25-10-5-4-9-24(22)25/h1-5,7-10,17-18,20,26-30,43,57H,6,11-16,19,38H2,(H,41,44)(H,45,50)(H,46,52)(H,47,54)(H,48,51)(H,49,53)(H,55,56)(H4,39,40,42)/t26-,27+,28-,29-,30-/m0/s1. The molecule has 0 aliphatic heterocycles. The molecule has 4 aromatic rings. The lowest BCUT2D eigenvalue weighted by Gasteiger charge is -2.27. The van der Waals surface area contributed by atoms with E-state index in [4.69, 9.17) is 17.2 Å². The first-order valence-electron chi connectivity index (χ1n) is 18.0. The number of para-hydroxylation sites is 1. The van der Waals surface area contributed by atoms with Crippen molar-refractivity contribution >= 4 is 65.0 Å². The summed E-state index contributed by atoms with van der Waals surface area (Å²) in [6, 6.07) is 9.78. The van der Waals surface area contributed by atoms with Crippen molar-refractivity contribution in [1.29, 1.82) is 0 Å². The number of rotatable bonds is 22. The number of aromatic nitrogens is 3. The van der Waals surface area contributed by atoms with Crippen molar-refractivity contribution in [2.24, 2.45) is 22.2 Å². The molecule has 4 rings (SSSR count). The van der Waals surface area contributed by atoms with Crippen LogP contribution in [0.4, 0.5) is 0 Å². The molecule has 0 bridgehead atoms. The number of amides is 5. The Labute approximate surface area is 333 Å². The number of carbonyl (C=O) groups is 6. The number of aliphatic imine (C=N–C) groups is 1. The summed E-state index contributed by atoms with van der Waals surface area (Å²) in [4.78, 5) is 93.8. The molecule has 0 spiro atoms. The highest BCUT2D eigenvalue weighted by Crippen LogP contribution is 2.19. The summed E-state index contributed by atoms with van der Waals surface area (Å²) in [6.07, 6.45) is 4.74. The normalized spacial score (nSPS) is 13.6. The van der Waals surface area contributed by atoms with Gasteiger partial charge in [0.15, 0.2) is 5.96 Å². The zero-order valence-electron chi connectivity index (χ0n) is 30.9. The van der Waals surface area contributed by atoms with Gasteiger partial charge < -0.3 is 58.9 Å². The zero-order valence-corrected chi connectivity index (χ0v) is 31.8. The van der Waals surface area contributed by atoms with E-state index >= 15 is 0 Å². The Morgan fingerprint density at radius 1 is 0.754 bits per heavy atom. The summed E-state index contributed by atoms with van der Waals surface area (Å²) in [6.45, 7) is -0.286. The quantitative estimate of drug-likeness (QED) is 0.0185. The van der Waals surface area contributed by atoms with Crippen molar-refractivity contribution < 1.29 is 33.9 Å². The molecule has 304 valence electrons. The van der Waals surface area contributed by atoms with E-state index in [2.05, 4.69) is 59.2 Å².